The van der Waals surface area contributed by atoms with Crippen LogP contribution in [-0.2, 0) is 16.3 Å². The quantitative estimate of drug-likeness (QED) is 0.371. The second kappa shape index (κ2) is 11.8. The molecule has 0 amide bonds. The third-order valence-electron chi connectivity index (χ3n) is 3.39. The van der Waals surface area contributed by atoms with Crippen LogP contribution in [0.4, 0.5) is 5.69 Å². The highest BCUT2D eigenvalue weighted by molar-refractivity contribution is 8.09. The second-order valence-corrected chi connectivity index (χ2v) is 8.83. The van der Waals surface area contributed by atoms with Gasteiger partial charge >= 0.3 is 12.3 Å². The molecule has 0 spiro atoms. The van der Waals surface area contributed by atoms with E-state index in [0.29, 0.717) is 6.61 Å². The number of nitro groups is 1. The van der Waals surface area contributed by atoms with Gasteiger partial charge in [0, 0.05) is 24.5 Å². The van der Waals surface area contributed by atoms with Crippen LogP contribution >= 0.6 is 6.64 Å². The lowest BCUT2D eigenvalue weighted by Crippen LogP contribution is -2.25. The maximum atomic E-state index is 11.1. The number of hydrogen-bond acceptors (Lipinski definition) is 6. The van der Waals surface area contributed by atoms with Gasteiger partial charge in [-0.3, -0.25) is 15.1 Å². The number of aromatic nitrogens is 1. The topological polar surface area (TPSA) is 86.5 Å². The largest absolute Gasteiger partial charge is 0.425 e. The van der Waals surface area contributed by atoms with Crippen LogP contribution in [0.1, 0.15) is 32.8 Å². The summed E-state index contributed by atoms with van der Waals surface area (Å²) in [6, 6.07) is 10.5. The zero-order valence-corrected chi connectivity index (χ0v) is 17.7. The van der Waals surface area contributed by atoms with E-state index in [1.54, 1.807) is 24.5 Å². The Balaban J connectivity index is 0.000000511. The minimum absolute atomic E-state index is 0.103. The molecule has 1 N–H and O–H groups in total. The summed E-state index contributed by atoms with van der Waals surface area (Å²) in [5, 5.41) is 14.2. The van der Waals surface area contributed by atoms with Gasteiger partial charge in [-0.15, -0.1) is 0 Å². The fraction of sp³-hybridized carbons (Fsp3) is 0.389. The average molecular weight is 411 g/mol. The van der Waals surface area contributed by atoms with Crippen molar-refractivity contribution in [1.82, 2.24) is 10.1 Å². The van der Waals surface area contributed by atoms with Gasteiger partial charge in [0.05, 0.1) is 11.5 Å². The molecular weight excluding hydrogens is 385 g/mol. The van der Waals surface area contributed by atoms with Crippen LogP contribution in [0.2, 0.25) is 0 Å². The van der Waals surface area contributed by atoms with Crippen molar-refractivity contribution in [1.29, 1.82) is 0 Å². The van der Waals surface area contributed by atoms with Crippen LogP contribution in [0.25, 0.3) is 0 Å². The SMILES string of the molecule is CCOP(=S)(NC(C)CC)Oc1cc(C)ccc1[N+](=O)[O-].c1ccncc1. The number of pyridine rings is 1. The molecule has 0 saturated carbocycles. The predicted molar refractivity (Wildman–Crippen MR) is 111 cm³/mol. The highest BCUT2D eigenvalue weighted by Gasteiger charge is 2.26. The number of nitrogens with one attached hydrogen (secondary N) is 1. The van der Waals surface area contributed by atoms with Gasteiger partial charge in [0.2, 0.25) is 5.75 Å². The highest BCUT2D eigenvalue weighted by Crippen LogP contribution is 2.47. The van der Waals surface area contributed by atoms with Gasteiger partial charge in [-0.05, 0) is 62.8 Å². The molecular formula is C18H26N3O4PS. The molecule has 0 aliphatic carbocycles. The maximum Gasteiger partial charge on any atom is 0.313 e. The van der Waals surface area contributed by atoms with E-state index in [4.69, 9.17) is 20.9 Å². The Bertz CT molecular complexity index is 735. The third-order valence-corrected chi connectivity index (χ3v) is 6.04. The zero-order chi connectivity index (χ0) is 20.3. The fourth-order valence-corrected chi connectivity index (χ4v) is 4.65. The summed E-state index contributed by atoms with van der Waals surface area (Å²) in [5.41, 5.74) is 0.748. The standard InChI is InChI=1S/C13H21N2O4PS.C5H5N/c1-5-11(4)14-20(21,18-6-2)19-13-9-10(3)7-8-12(13)15(16)17;1-2-4-6-5-3-1/h7-9,11H,5-6H2,1-4H3,(H,14,21);1-5H. The molecule has 1 aromatic heterocycles. The number of nitrogens with zero attached hydrogens (tertiary/aromatic N) is 2. The second-order valence-electron chi connectivity index (χ2n) is 5.70. The molecule has 9 heteroatoms. The molecule has 27 heavy (non-hydrogen) atoms. The number of hydrogen-bond donors (Lipinski definition) is 1. The van der Waals surface area contributed by atoms with Crippen LogP contribution in [0.3, 0.4) is 0 Å². The molecule has 2 atom stereocenters. The van der Waals surface area contributed by atoms with Gasteiger partial charge in [0.25, 0.3) is 0 Å². The summed E-state index contributed by atoms with van der Waals surface area (Å²) >= 11 is 5.45. The summed E-state index contributed by atoms with van der Waals surface area (Å²) in [4.78, 5) is 14.4. The molecule has 0 aliphatic rings. The zero-order valence-electron chi connectivity index (χ0n) is 16.0. The van der Waals surface area contributed by atoms with Crippen LogP contribution in [0, 0.1) is 17.0 Å². The van der Waals surface area contributed by atoms with Crippen LogP contribution in [-0.4, -0.2) is 22.6 Å². The lowest BCUT2D eigenvalue weighted by Gasteiger charge is -2.26. The van der Waals surface area contributed by atoms with Crippen LogP contribution in [0.15, 0.2) is 48.8 Å². The van der Waals surface area contributed by atoms with E-state index < -0.39 is 11.6 Å². The normalized spacial score (nSPS) is 13.6. The van der Waals surface area contributed by atoms with Gasteiger partial charge in [0.1, 0.15) is 0 Å². The fourth-order valence-electron chi connectivity index (χ4n) is 1.91. The van der Waals surface area contributed by atoms with Gasteiger partial charge in [-0.25, -0.2) is 5.09 Å². The van der Waals surface area contributed by atoms with Crippen molar-refractivity contribution in [2.24, 2.45) is 0 Å². The lowest BCUT2D eigenvalue weighted by atomic mass is 10.2. The predicted octanol–water partition coefficient (Wildman–Crippen LogP) is 5.01. The van der Waals surface area contributed by atoms with E-state index in [1.807, 2.05) is 45.9 Å². The van der Waals surface area contributed by atoms with E-state index in [9.17, 15) is 10.1 Å². The van der Waals surface area contributed by atoms with Gasteiger partial charge in [-0.1, -0.05) is 19.1 Å². The van der Waals surface area contributed by atoms with E-state index in [-0.39, 0.29) is 17.5 Å². The van der Waals surface area contributed by atoms with Gasteiger partial charge in [-0.2, -0.15) is 0 Å². The van der Waals surface area contributed by atoms with Crippen molar-refractivity contribution >= 4 is 24.1 Å². The monoisotopic (exact) mass is 411 g/mol. The first kappa shape index (κ1) is 23.2. The summed E-state index contributed by atoms with van der Waals surface area (Å²) in [5.74, 6) is 0.146. The Hall–Kier alpha value is -1.86. The van der Waals surface area contributed by atoms with Gasteiger partial charge in [0.15, 0.2) is 0 Å². The first-order valence-corrected chi connectivity index (χ1v) is 11.3. The Labute approximate surface area is 165 Å². The van der Waals surface area contributed by atoms with Crippen molar-refractivity contribution in [2.75, 3.05) is 6.61 Å². The number of nitro benzene ring substituents is 1. The number of aryl methyl sites for hydroxylation is 1. The molecule has 2 unspecified atom stereocenters. The summed E-state index contributed by atoms with van der Waals surface area (Å²) in [6.45, 7) is 5.18. The molecule has 0 aliphatic heterocycles. The molecule has 0 bridgehead atoms. The number of benzene rings is 1. The summed E-state index contributed by atoms with van der Waals surface area (Å²) in [7, 11) is 0. The Morgan fingerprint density at radius 1 is 1.30 bits per heavy atom. The van der Waals surface area contributed by atoms with Crippen molar-refractivity contribution < 1.29 is 14.0 Å². The Morgan fingerprint density at radius 2 is 1.96 bits per heavy atom. The smallest absolute Gasteiger partial charge is 0.313 e. The minimum atomic E-state index is -2.82. The first-order valence-electron chi connectivity index (χ1n) is 8.63. The maximum absolute atomic E-state index is 11.1. The average Bonchev–Trinajstić information content (AvgIpc) is 2.63. The van der Waals surface area contributed by atoms with Gasteiger partial charge < -0.3 is 9.05 Å². The lowest BCUT2D eigenvalue weighted by molar-refractivity contribution is -0.385. The third kappa shape index (κ3) is 8.58. The van der Waals surface area contributed by atoms with E-state index in [2.05, 4.69) is 10.1 Å². The van der Waals surface area contributed by atoms with Crippen molar-refractivity contribution in [3.05, 3.63) is 64.5 Å². The molecule has 1 heterocycles. The number of rotatable bonds is 8. The Kier molecular flexibility index (Phi) is 10.1. The molecule has 0 saturated heterocycles. The highest BCUT2D eigenvalue weighted by atomic mass is 32.5. The van der Waals surface area contributed by atoms with E-state index in [0.717, 1.165) is 12.0 Å². The van der Waals surface area contributed by atoms with E-state index >= 15 is 0 Å². The van der Waals surface area contributed by atoms with E-state index in [1.165, 1.54) is 6.07 Å². The van der Waals surface area contributed by atoms with Crippen molar-refractivity contribution in [2.45, 2.75) is 40.2 Å². The molecule has 148 valence electrons. The molecule has 2 rings (SSSR count). The minimum Gasteiger partial charge on any atom is -0.425 e. The van der Waals surface area contributed by atoms with Crippen molar-refractivity contribution in [3.63, 3.8) is 0 Å². The first-order chi connectivity index (χ1) is 12.8. The molecule has 0 fully saturated rings. The van der Waals surface area contributed by atoms with Crippen LogP contribution in [0.5, 0.6) is 5.75 Å². The van der Waals surface area contributed by atoms with Crippen LogP contribution < -0.4 is 9.61 Å². The molecule has 7 nitrogen and oxygen atoms in total. The van der Waals surface area contributed by atoms with Crippen molar-refractivity contribution in [3.8, 4) is 5.75 Å². The Morgan fingerprint density at radius 3 is 2.41 bits per heavy atom. The molecule has 1 aromatic carbocycles. The summed E-state index contributed by atoms with van der Waals surface area (Å²) < 4.78 is 11.3. The molecule has 0 radical (unpaired) electrons. The molecule has 2 aromatic rings. The summed E-state index contributed by atoms with van der Waals surface area (Å²) in [6.07, 6.45) is 4.35.